The van der Waals surface area contributed by atoms with Gasteiger partial charge in [-0.1, -0.05) is 18.6 Å². The van der Waals surface area contributed by atoms with Crippen LogP contribution < -0.4 is 10.1 Å². The molecular weight excluding hydrogens is 210 g/mol. The fraction of sp³-hybridized carbons (Fsp3) is 0.600. The number of nitrogens with one attached hydrogen (secondary N) is 1. The van der Waals surface area contributed by atoms with Crippen molar-refractivity contribution < 1.29 is 4.74 Å². The molecule has 17 heavy (non-hydrogen) atoms. The van der Waals surface area contributed by atoms with E-state index in [0.717, 1.165) is 12.2 Å². The van der Waals surface area contributed by atoms with E-state index in [4.69, 9.17) is 4.74 Å². The van der Waals surface area contributed by atoms with Gasteiger partial charge in [0.2, 0.25) is 0 Å². The number of aryl methyl sites for hydroxylation is 1. The molecule has 0 aromatic heterocycles. The average Bonchev–Trinajstić information content (AvgIpc) is 2.35. The van der Waals surface area contributed by atoms with Crippen LogP contribution in [-0.4, -0.2) is 19.7 Å². The molecule has 0 spiro atoms. The van der Waals surface area contributed by atoms with Gasteiger partial charge >= 0.3 is 0 Å². The molecule has 1 aromatic carbocycles. The van der Waals surface area contributed by atoms with Crippen molar-refractivity contribution >= 4 is 0 Å². The van der Waals surface area contributed by atoms with Gasteiger partial charge < -0.3 is 10.1 Å². The molecule has 2 heteroatoms. The first-order chi connectivity index (χ1) is 8.22. The van der Waals surface area contributed by atoms with Gasteiger partial charge in [-0.25, -0.2) is 0 Å². The lowest BCUT2D eigenvalue weighted by Crippen LogP contribution is -2.35. The summed E-state index contributed by atoms with van der Waals surface area (Å²) in [6.07, 6.45) is 5.12. The maximum atomic E-state index is 5.49. The van der Waals surface area contributed by atoms with Crippen LogP contribution in [0.15, 0.2) is 12.1 Å². The molecule has 0 radical (unpaired) electrons. The molecule has 94 valence electrons. The van der Waals surface area contributed by atoms with Crippen molar-refractivity contribution in [1.29, 1.82) is 0 Å². The molecule has 1 atom stereocenters. The Morgan fingerprint density at radius 3 is 2.76 bits per heavy atom. The minimum Gasteiger partial charge on any atom is -0.496 e. The van der Waals surface area contributed by atoms with E-state index < -0.39 is 0 Å². The van der Waals surface area contributed by atoms with E-state index in [9.17, 15) is 0 Å². The van der Waals surface area contributed by atoms with Crippen LogP contribution in [0, 0.1) is 13.8 Å². The fourth-order valence-corrected chi connectivity index (χ4v) is 2.77. The topological polar surface area (TPSA) is 21.3 Å². The first-order valence-electron chi connectivity index (χ1n) is 6.59. The Morgan fingerprint density at radius 2 is 2.12 bits per heavy atom. The zero-order valence-electron chi connectivity index (χ0n) is 11.2. The van der Waals surface area contributed by atoms with Crippen LogP contribution in [0.5, 0.6) is 5.75 Å². The Bertz CT molecular complexity index is 381. The summed E-state index contributed by atoms with van der Waals surface area (Å²) in [7, 11) is 1.76. The number of rotatable bonds is 3. The minimum absolute atomic E-state index is 0.648. The summed E-state index contributed by atoms with van der Waals surface area (Å²) >= 11 is 0. The molecule has 1 N–H and O–H groups in total. The normalized spacial score (nSPS) is 20.3. The number of ether oxygens (including phenoxy) is 1. The Balaban J connectivity index is 2.15. The summed E-state index contributed by atoms with van der Waals surface area (Å²) in [6, 6.07) is 5.07. The zero-order chi connectivity index (χ0) is 12.3. The van der Waals surface area contributed by atoms with Crippen LogP contribution >= 0.6 is 0 Å². The molecule has 1 heterocycles. The summed E-state index contributed by atoms with van der Waals surface area (Å²) in [5, 5.41) is 3.61. The lowest BCUT2D eigenvalue weighted by Gasteiger charge is -2.24. The molecule has 0 aliphatic carbocycles. The van der Waals surface area contributed by atoms with Crippen molar-refractivity contribution in [3.8, 4) is 5.75 Å². The maximum absolute atomic E-state index is 5.49. The lowest BCUT2D eigenvalue weighted by atomic mass is 9.94. The van der Waals surface area contributed by atoms with E-state index in [1.165, 1.54) is 42.5 Å². The third-order valence-electron chi connectivity index (χ3n) is 3.80. The second-order valence-corrected chi connectivity index (χ2v) is 5.05. The monoisotopic (exact) mass is 233 g/mol. The first kappa shape index (κ1) is 12.4. The highest BCUT2D eigenvalue weighted by Crippen LogP contribution is 2.27. The Hall–Kier alpha value is -1.02. The van der Waals surface area contributed by atoms with Crippen LogP contribution in [0.3, 0.4) is 0 Å². The van der Waals surface area contributed by atoms with Gasteiger partial charge in [0.1, 0.15) is 5.75 Å². The zero-order valence-corrected chi connectivity index (χ0v) is 11.2. The third kappa shape index (κ3) is 2.81. The van der Waals surface area contributed by atoms with Crippen molar-refractivity contribution in [1.82, 2.24) is 5.32 Å². The van der Waals surface area contributed by atoms with Gasteiger partial charge in [-0.3, -0.25) is 0 Å². The number of benzene rings is 1. The molecule has 1 unspecified atom stereocenters. The van der Waals surface area contributed by atoms with Gasteiger partial charge in [-0.2, -0.15) is 0 Å². The molecule has 2 rings (SSSR count). The predicted molar refractivity (Wildman–Crippen MR) is 71.8 cm³/mol. The third-order valence-corrected chi connectivity index (χ3v) is 3.80. The smallest absolute Gasteiger partial charge is 0.124 e. The van der Waals surface area contributed by atoms with Crippen molar-refractivity contribution in [2.75, 3.05) is 13.7 Å². The van der Waals surface area contributed by atoms with E-state index in [1.54, 1.807) is 7.11 Å². The molecule has 0 amide bonds. The van der Waals surface area contributed by atoms with E-state index in [-0.39, 0.29) is 0 Å². The van der Waals surface area contributed by atoms with Crippen molar-refractivity contribution in [3.05, 3.63) is 28.8 Å². The number of methoxy groups -OCH3 is 1. The van der Waals surface area contributed by atoms with Crippen LogP contribution in [0.2, 0.25) is 0 Å². The Labute approximate surface area is 104 Å². The summed E-state index contributed by atoms with van der Waals surface area (Å²) < 4.78 is 5.49. The predicted octanol–water partition coefficient (Wildman–Crippen LogP) is 3.00. The average molecular weight is 233 g/mol. The summed E-state index contributed by atoms with van der Waals surface area (Å²) in [6.45, 7) is 5.45. The van der Waals surface area contributed by atoms with Crippen molar-refractivity contribution in [2.24, 2.45) is 0 Å². The Morgan fingerprint density at radius 1 is 1.29 bits per heavy atom. The molecule has 1 saturated heterocycles. The van der Waals surface area contributed by atoms with Gasteiger partial charge in [0.15, 0.2) is 0 Å². The maximum Gasteiger partial charge on any atom is 0.124 e. The lowest BCUT2D eigenvalue weighted by molar-refractivity contribution is 0.393. The van der Waals surface area contributed by atoms with Crippen LogP contribution in [-0.2, 0) is 6.42 Å². The highest BCUT2D eigenvalue weighted by atomic mass is 16.5. The number of hydrogen-bond donors (Lipinski definition) is 1. The van der Waals surface area contributed by atoms with Crippen molar-refractivity contribution in [2.45, 2.75) is 45.6 Å². The molecule has 0 bridgehead atoms. The first-order valence-corrected chi connectivity index (χ1v) is 6.59. The molecule has 1 fully saturated rings. The largest absolute Gasteiger partial charge is 0.496 e. The van der Waals surface area contributed by atoms with Crippen LogP contribution in [0.4, 0.5) is 0 Å². The van der Waals surface area contributed by atoms with Crippen LogP contribution in [0.25, 0.3) is 0 Å². The summed E-state index contributed by atoms with van der Waals surface area (Å²) in [5.41, 5.74) is 3.96. The number of piperidine rings is 1. The standard InChI is InChI=1S/C15H23NO/c1-11-7-8-13(12(2)15(11)17-3)10-14-6-4-5-9-16-14/h7-8,14,16H,4-6,9-10H2,1-3H3. The molecular formula is C15H23NO. The van der Waals surface area contributed by atoms with Gasteiger partial charge in [0.25, 0.3) is 0 Å². The van der Waals surface area contributed by atoms with Gasteiger partial charge in [-0.15, -0.1) is 0 Å². The molecule has 1 aliphatic heterocycles. The fourth-order valence-electron chi connectivity index (χ4n) is 2.77. The second-order valence-electron chi connectivity index (χ2n) is 5.05. The van der Waals surface area contributed by atoms with E-state index in [2.05, 4.69) is 31.3 Å². The van der Waals surface area contributed by atoms with E-state index >= 15 is 0 Å². The SMILES string of the molecule is COc1c(C)ccc(CC2CCCCN2)c1C. The van der Waals surface area contributed by atoms with Gasteiger partial charge in [-0.05, 0) is 56.3 Å². The number of hydrogen-bond acceptors (Lipinski definition) is 2. The summed E-state index contributed by atoms with van der Waals surface area (Å²) in [4.78, 5) is 0. The van der Waals surface area contributed by atoms with Crippen LogP contribution in [0.1, 0.15) is 36.0 Å². The van der Waals surface area contributed by atoms with E-state index in [0.29, 0.717) is 6.04 Å². The quantitative estimate of drug-likeness (QED) is 0.866. The highest BCUT2D eigenvalue weighted by molar-refractivity contribution is 5.45. The molecule has 1 aromatic rings. The van der Waals surface area contributed by atoms with Gasteiger partial charge in [0.05, 0.1) is 7.11 Å². The highest BCUT2D eigenvalue weighted by Gasteiger charge is 2.15. The van der Waals surface area contributed by atoms with Crippen molar-refractivity contribution in [3.63, 3.8) is 0 Å². The molecule has 1 aliphatic rings. The molecule has 2 nitrogen and oxygen atoms in total. The van der Waals surface area contributed by atoms with E-state index in [1.807, 2.05) is 0 Å². The summed E-state index contributed by atoms with van der Waals surface area (Å²) in [5.74, 6) is 1.05. The Kier molecular flexibility index (Phi) is 4.06. The minimum atomic E-state index is 0.648. The second kappa shape index (κ2) is 5.54. The molecule has 0 saturated carbocycles. The van der Waals surface area contributed by atoms with Gasteiger partial charge in [0, 0.05) is 6.04 Å².